The van der Waals surface area contributed by atoms with Crippen LogP contribution in [0.25, 0.3) is 6.08 Å². The van der Waals surface area contributed by atoms with E-state index < -0.39 is 28.8 Å². The quantitative estimate of drug-likeness (QED) is 0.0163. The highest BCUT2D eigenvalue weighted by atomic mass is 19.4. The average Bonchev–Trinajstić information content (AvgIpc) is 3.65. The third kappa shape index (κ3) is 21.1. The van der Waals surface area contributed by atoms with Gasteiger partial charge in [0.15, 0.2) is 11.5 Å². The van der Waals surface area contributed by atoms with E-state index >= 15 is 0 Å². The Kier molecular flexibility index (Phi) is 23.8. The van der Waals surface area contributed by atoms with Gasteiger partial charge in [-0.1, -0.05) is 67.1 Å². The number of rotatable bonds is 20. The van der Waals surface area contributed by atoms with Gasteiger partial charge >= 0.3 is 18.1 Å². The number of aldehydes is 1. The van der Waals surface area contributed by atoms with Crippen LogP contribution in [0.2, 0.25) is 0 Å². The zero-order chi connectivity index (χ0) is 44.2. The number of hydrogen-bond donors (Lipinski definition) is 2. The average molecular weight is 843 g/mol. The Balaban J connectivity index is 0.000000366. The second-order valence-electron chi connectivity index (χ2n) is 13.1. The topological polar surface area (TPSA) is 173 Å². The van der Waals surface area contributed by atoms with Gasteiger partial charge in [0, 0.05) is 18.4 Å². The molecule has 2 unspecified atom stereocenters. The number of nitrogens with one attached hydrogen (secondary N) is 1. The number of benzene rings is 3. The number of alkyl halides is 3. The van der Waals surface area contributed by atoms with Gasteiger partial charge in [-0.15, -0.1) is 10.1 Å². The molecule has 16 heteroatoms. The molecule has 3 aromatic rings. The van der Waals surface area contributed by atoms with Gasteiger partial charge in [-0.25, -0.2) is 4.79 Å². The lowest BCUT2D eigenvalue weighted by molar-refractivity contribution is -0.763. The van der Waals surface area contributed by atoms with Gasteiger partial charge in [0.2, 0.25) is 0 Å². The number of carbonyl (C=O) groups is 3. The molecule has 2 atom stereocenters. The van der Waals surface area contributed by atoms with Crippen molar-refractivity contribution in [3.05, 3.63) is 129 Å². The van der Waals surface area contributed by atoms with Crippen LogP contribution in [0, 0.1) is 16.0 Å². The van der Waals surface area contributed by atoms with Gasteiger partial charge < -0.3 is 39.0 Å². The number of methoxy groups -OCH3 is 1. The fourth-order valence-corrected chi connectivity index (χ4v) is 5.36. The fraction of sp³-hybridized carbons (Fsp3) is 0.386. The molecule has 0 spiro atoms. The van der Waals surface area contributed by atoms with Gasteiger partial charge in [0.05, 0.1) is 31.9 Å². The van der Waals surface area contributed by atoms with Crippen molar-refractivity contribution in [1.29, 1.82) is 0 Å². The number of nitrogens with zero attached hydrogens (tertiary/aromatic N) is 1. The van der Waals surface area contributed by atoms with Crippen molar-refractivity contribution in [2.45, 2.75) is 77.4 Å². The first kappa shape index (κ1) is 50.1. The van der Waals surface area contributed by atoms with Crippen molar-refractivity contribution in [3.8, 4) is 17.2 Å². The number of unbranched alkanes of at least 4 members (excludes halogenated alkanes) is 2. The molecule has 1 saturated carbocycles. The molecule has 0 aliphatic heterocycles. The van der Waals surface area contributed by atoms with E-state index in [9.17, 15) is 42.8 Å². The molecule has 3 aromatic carbocycles. The molecule has 1 aliphatic carbocycles. The third-order valence-corrected chi connectivity index (χ3v) is 8.44. The molecule has 13 nitrogen and oxygen atoms in total. The van der Waals surface area contributed by atoms with E-state index in [1.807, 2.05) is 25.2 Å². The number of aliphatic hydroxyl groups excluding tert-OH is 1. The maximum Gasteiger partial charge on any atom is 0.416 e. The first-order chi connectivity index (χ1) is 28.8. The Bertz CT molecular complexity index is 1850. The highest BCUT2D eigenvalue weighted by molar-refractivity contribution is 5.87. The van der Waals surface area contributed by atoms with Crippen molar-refractivity contribution >= 4 is 24.3 Å². The van der Waals surface area contributed by atoms with E-state index in [0.29, 0.717) is 36.3 Å². The van der Waals surface area contributed by atoms with Crippen LogP contribution in [0.3, 0.4) is 0 Å². The fourth-order valence-electron chi connectivity index (χ4n) is 5.36. The molecule has 0 amide bonds. The summed E-state index contributed by atoms with van der Waals surface area (Å²) in [6.07, 6.45) is 13.4. The number of hydrogen-bond acceptors (Lipinski definition) is 12. The summed E-state index contributed by atoms with van der Waals surface area (Å²) in [5, 5.41) is 21.7. The number of esters is 2. The highest BCUT2D eigenvalue weighted by Gasteiger charge is 2.30. The van der Waals surface area contributed by atoms with E-state index in [1.54, 1.807) is 55.6 Å². The standard InChI is InChI=1S/C21H22N2O8.C16H19F3O2.C7H12O/c1-22-12-21(25)31-18-9-7-15(11-19(18)28-2)8-10-20(24)29-13-16-3-5-17(6-4-16)14-30-23(26)27;17-16(18,19)13-7-4-8-14(11-13)21-10-2-1-5-12-6-3-9-15(12)20;1-2-3-4-5-6-7-8/h3-11,22H,12-14H2,1-2H3;1,4-5,7-8,11-12,15,20H,2-3,6,9-10H2;2-3,7H,4-6H2,1H3/b10-8+;5-1+;3-2-. The highest BCUT2D eigenvalue weighted by Crippen LogP contribution is 2.32. The molecular formula is C44H53F3N2O11. The van der Waals surface area contributed by atoms with Crippen molar-refractivity contribution in [3.63, 3.8) is 0 Å². The van der Waals surface area contributed by atoms with Gasteiger partial charge in [-0.2, -0.15) is 13.2 Å². The minimum Gasteiger partial charge on any atom is -0.493 e. The van der Waals surface area contributed by atoms with Crippen molar-refractivity contribution < 1.29 is 61.5 Å². The maximum atomic E-state index is 12.5. The minimum absolute atomic E-state index is 0.0449. The molecule has 0 bridgehead atoms. The van der Waals surface area contributed by atoms with E-state index in [4.69, 9.17) is 18.9 Å². The molecule has 0 radical (unpaired) electrons. The molecule has 1 aliphatic rings. The van der Waals surface area contributed by atoms with Crippen LogP contribution in [0.4, 0.5) is 13.2 Å². The monoisotopic (exact) mass is 842 g/mol. The zero-order valence-corrected chi connectivity index (χ0v) is 33.9. The summed E-state index contributed by atoms with van der Waals surface area (Å²) < 4.78 is 58.5. The summed E-state index contributed by atoms with van der Waals surface area (Å²) in [5.74, 6) is 0.0450. The number of carbonyl (C=O) groups excluding carboxylic acids is 3. The van der Waals surface area contributed by atoms with Gasteiger partial charge in [0.1, 0.15) is 25.2 Å². The van der Waals surface area contributed by atoms with Crippen LogP contribution in [-0.4, -0.2) is 61.8 Å². The molecule has 0 heterocycles. The smallest absolute Gasteiger partial charge is 0.416 e. The lowest BCUT2D eigenvalue weighted by Gasteiger charge is -2.10. The Morgan fingerprint density at radius 2 is 1.70 bits per heavy atom. The lowest BCUT2D eigenvalue weighted by Crippen LogP contribution is -2.23. The van der Waals surface area contributed by atoms with Crippen molar-refractivity contribution in [1.82, 2.24) is 5.32 Å². The summed E-state index contributed by atoms with van der Waals surface area (Å²) in [6.45, 7) is 2.27. The van der Waals surface area contributed by atoms with Crippen LogP contribution < -0.4 is 19.5 Å². The Morgan fingerprint density at radius 3 is 2.32 bits per heavy atom. The molecule has 1 fully saturated rings. The zero-order valence-electron chi connectivity index (χ0n) is 33.9. The number of halogens is 3. The number of ether oxygens (including phenoxy) is 4. The summed E-state index contributed by atoms with van der Waals surface area (Å²) >= 11 is 0. The molecule has 60 heavy (non-hydrogen) atoms. The molecule has 0 aromatic heterocycles. The van der Waals surface area contributed by atoms with Crippen molar-refractivity contribution in [2.24, 2.45) is 5.92 Å². The Labute approximate surface area is 347 Å². The number of allylic oxidation sites excluding steroid dienone is 2. The summed E-state index contributed by atoms with van der Waals surface area (Å²) in [6, 6.07) is 16.4. The van der Waals surface area contributed by atoms with E-state index in [0.717, 1.165) is 56.1 Å². The summed E-state index contributed by atoms with van der Waals surface area (Å²) in [7, 11) is 3.08. The van der Waals surface area contributed by atoms with Crippen LogP contribution in [-0.2, 0) is 43.3 Å². The maximum absolute atomic E-state index is 12.5. The SMILES string of the molecule is C/C=C\CCCC=O.CNCC(=O)Oc1ccc(/C=C/C(=O)OCc2ccc(CO[N+](=O)[O-])cc2)cc1OC.OC1CCCC1/C=C/CCOc1cccc(C(F)(F)F)c1. The predicted molar refractivity (Wildman–Crippen MR) is 218 cm³/mol. The summed E-state index contributed by atoms with van der Waals surface area (Å²) in [5.41, 5.74) is 1.30. The van der Waals surface area contributed by atoms with Crippen molar-refractivity contribution in [2.75, 3.05) is 27.3 Å². The van der Waals surface area contributed by atoms with Gasteiger partial charge in [-0.3, -0.25) is 4.79 Å². The largest absolute Gasteiger partial charge is 0.493 e. The first-order valence-electron chi connectivity index (χ1n) is 19.2. The van der Waals surface area contributed by atoms with E-state index in [2.05, 4.69) is 16.2 Å². The van der Waals surface area contributed by atoms with Crippen LogP contribution in [0.15, 0.2) is 97.1 Å². The normalized spacial score (nSPS) is 14.8. The van der Waals surface area contributed by atoms with E-state index in [1.165, 1.54) is 25.3 Å². The number of likely N-dealkylation sites (N-methyl/N-ethyl adjacent to an activating group) is 1. The number of aliphatic hydroxyl groups is 1. The molecular weight excluding hydrogens is 789 g/mol. The van der Waals surface area contributed by atoms with Gasteiger partial charge in [-0.05, 0) is 99.2 Å². The Morgan fingerprint density at radius 1 is 0.967 bits per heavy atom. The second kappa shape index (κ2) is 28.4. The summed E-state index contributed by atoms with van der Waals surface area (Å²) in [4.78, 5) is 47.8. The van der Waals surface area contributed by atoms with E-state index in [-0.39, 0.29) is 43.3 Å². The van der Waals surface area contributed by atoms with Gasteiger partial charge in [0.25, 0.3) is 5.09 Å². The minimum atomic E-state index is -4.35. The van der Waals surface area contributed by atoms with Crippen LogP contribution in [0.1, 0.15) is 74.1 Å². The molecule has 4 rings (SSSR count). The van der Waals surface area contributed by atoms with Crippen LogP contribution in [0.5, 0.6) is 17.2 Å². The second-order valence-corrected chi connectivity index (χ2v) is 13.1. The van der Waals surface area contributed by atoms with Crippen LogP contribution >= 0.6 is 0 Å². The molecule has 326 valence electrons. The molecule has 0 saturated heterocycles. The predicted octanol–water partition coefficient (Wildman–Crippen LogP) is 8.41. The first-order valence-corrected chi connectivity index (χ1v) is 19.2. The Hall–Kier alpha value is -6.00. The lowest BCUT2D eigenvalue weighted by atomic mass is 10.1. The third-order valence-electron chi connectivity index (χ3n) is 8.44. The molecule has 2 N–H and O–H groups in total.